The molecule has 2 rings (SSSR count). The predicted octanol–water partition coefficient (Wildman–Crippen LogP) is 2.99. The van der Waals surface area contributed by atoms with Crippen LogP contribution in [0.1, 0.15) is 62.0 Å². The van der Waals surface area contributed by atoms with Crippen molar-refractivity contribution in [1.82, 2.24) is 10.5 Å². The fraction of sp³-hybridized carbons (Fsp3) is 0.688. The normalized spacial score (nSPS) is 18.8. The highest BCUT2D eigenvalue weighted by Crippen LogP contribution is 2.36. The van der Waals surface area contributed by atoms with Gasteiger partial charge in [0, 0.05) is 18.0 Å². The summed E-state index contributed by atoms with van der Waals surface area (Å²) in [6.07, 6.45) is 4.39. The molecule has 1 aliphatic rings. The molecule has 0 spiro atoms. The first-order valence-electron chi connectivity index (χ1n) is 7.62. The van der Waals surface area contributed by atoms with Gasteiger partial charge in [0.1, 0.15) is 11.2 Å². The molecule has 0 saturated heterocycles. The van der Waals surface area contributed by atoms with Gasteiger partial charge in [0.05, 0.1) is 11.8 Å². The highest BCUT2D eigenvalue weighted by atomic mass is 16.5. The number of aromatic nitrogens is 1. The Hall–Kier alpha value is -1.83. The fourth-order valence-corrected chi connectivity index (χ4v) is 3.26. The van der Waals surface area contributed by atoms with Crippen LogP contribution in [0.25, 0.3) is 0 Å². The van der Waals surface area contributed by atoms with E-state index in [9.17, 15) is 10.1 Å². The minimum Gasteiger partial charge on any atom is -0.361 e. The third-order valence-electron chi connectivity index (χ3n) is 4.51. The van der Waals surface area contributed by atoms with Crippen LogP contribution < -0.4 is 5.32 Å². The maximum Gasteiger partial charge on any atom is 0.240 e. The van der Waals surface area contributed by atoms with Crippen molar-refractivity contribution in [2.24, 2.45) is 5.41 Å². The summed E-state index contributed by atoms with van der Waals surface area (Å²) >= 11 is 0. The lowest BCUT2D eigenvalue weighted by Crippen LogP contribution is -2.42. The third-order valence-corrected chi connectivity index (χ3v) is 4.51. The Morgan fingerprint density at radius 3 is 2.62 bits per heavy atom. The van der Waals surface area contributed by atoms with Gasteiger partial charge >= 0.3 is 0 Å². The van der Waals surface area contributed by atoms with E-state index in [0.717, 1.165) is 36.3 Å². The summed E-state index contributed by atoms with van der Waals surface area (Å²) in [6.45, 7) is 6.32. The maximum absolute atomic E-state index is 12.4. The molecule has 0 aromatic carbocycles. The number of aryl methyl sites for hydroxylation is 2. The highest BCUT2D eigenvalue weighted by molar-refractivity contribution is 5.85. The third kappa shape index (κ3) is 3.10. The van der Waals surface area contributed by atoms with Gasteiger partial charge in [0.15, 0.2) is 0 Å². The van der Waals surface area contributed by atoms with E-state index in [2.05, 4.69) is 16.5 Å². The molecule has 0 aliphatic heterocycles. The lowest BCUT2D eigenvalue weighted by Gasteiger charge is -2.29. The summed E-state index contributed by atoms with van der Waals surface area (Å²) in [5.41, 5.74) is 1.09. The number of nitriles is 1. The van der Waals surface area contributed by atoms with Gasteiger partial charge in [-0.05, 0) is 26.7 Å². The minimum atomic E-state index is -0.823. The second-order valence-corrected chi connectivity index (χ2v) is 6.10. The smallest absolute Gasteiger partial charge is 0.240 e. The second kappa shape index (κ2) is 6.30. The molecule has 1 amide bonds. The largest absolute Gasteiger partial charge is 0.361 e. The Balaban J connectivity index is 1.99. The molecule has 1 atom stereocenters. The minimum absolute atomic E-state index is 0.122. The molecule has 5 nitrogen and oxygen atoms in total. The number of carbonyl (C=O) groups is 1. The number of hydrogen-bond acceptors (Lipinski definition) is 4. The zero-order valence-corrected chi connectivity index (χ0v) is 13.0. The monoisotopic (exact) mass is 289 g/mol. The molecule has 114 valence electrons. The molecule has 1 N–H and O–H groups in total. The number of hydrogen-bond donors (Lipinski definition) is 1. The van der Waals surface area contributed by atoms with E-state index < -0.39 is 5.41 Å². The highest BCUT2D eigenvalue weighted by Gasteiger charge is 2.39. The summed E-state index contributed by atoms with van der Waals surface area (Å²) in [5.74, 6) is 0.796. The molecule has 1 aromatic heterocycles. The predicted molar refractivity (Wildman–Crippen MR) is 78.5 cm³/mol. The Morgan fingerprint density at radius 2 is 2.10 bits per heavy atom. The van der Waals surface area contributed by atoms with Crippen molar-refractivity contribution < 1.29 is 9.32 Å². The number of nitrogens with one attached hydrogen (secondary N) is 1. The number of nitrogens with zero attached hydrogens (tertiary/aromatic N) is 2. The van der Waals surface area contributed by atoms with Gasteiger partial charge in [-0.1, -0.05) is 31.3 Å². The van der Waals surface area contributed by atoms with Gasteiger partial charge in [-0.2, -0.15) is 5.26 Å². The zero-order chi connectivity index (χ0) is 15.5. The van der Waals surface area contributed by atoms with Crippen LogP contribution in [0.4, 0.5) is 0 Å². The van der Waals surface area contributed by atoms with Crippen molar-refractivity contribution in [3.8, 4) is 6.07 Å². The molecule has 1 fully saturated rings. The van der Waals surface area contributed by atoms with Crippen LogP contribution in [0.15, 0.2) is 4.52 Å². The molecule has 0 radical (unpaired) electrons. The van der Waals surface area contributed by atoms with Gasteiger partial charge < -0.3 is 9.84 Å². The van der Waals surface area contributed by atoms with Crippen molar-refractivity contribution in [2.75, 3.05) is 6.54 Å². The zero-order valence-electron chi connectivity index (χ0n) is 13.0. The molecule has 5 heteroatoms. The van der Waals surface area contributed by atoms with Gasteiger partial charge in [0.25, 0.3) is 0 Å². The van der Waals surface area contributed by atoms with Crippen LogP contribution in [-0.4, -0.2) is 17.6 Å². The Labute approximate surface area is 125 Å². The van der Waals surface area contributed by atoms with Gasteiger partial charge in [-0.15, -0.1) is 0 Å². The van der Waals surface area contributed by atoms with E-state index in [0.29, 0.717) is 19.4 Å². The first kappa shape index (κ1) is 15.6. The average molecular weight is 289 g/mol. The summed E-state index contributed by atoms with van der Waals surface area (Å²) in [5, 5.41) is 16.3. The summed E-state index contributed by atoms with van der Waals surface area (Å²) < 4.78 is 5.17. The van der Waals surface area contributed by atoms with Gasteiger partial charge in [-0.3, -0.25) is 4.79 Å². The van der Waals surface area contributed by atoms with Crippen LogP contribution >= 0.6 is 0 Å². The number of carbonyl (C=O) groups excluding carboxylic acids is 1. The fourth-order valence-electron chi connectivity index (χ4n) is 3.26. The Bertz CT molecular complexity index is 531. The van der Waals surface area contributed by atoms with Crippen LogP contribution in [-0.2, 0) is 4.79 Å². The molecule has 1 heterocycles. The van der Waals surface area contributed by atoms with E-state index in [1.165, 1.54) is 0 Å². The molecule has 1 saturated carbocycles. The van der Waals surface area contributed by atoms with Gasteiger partial charge in [0.2, 0.25) is 5.91 Å². The standard InChI is InChI=1S/C16H23N3O2/c1-11(14-12(2)19-21-13(14)3)9-18-15(20)16(10-17)7-5-4-6-8-16/h11H,4-9H2,1-3H3,(H,18,20)/t11-/m1/s1. The summed E-state index contributed by atoms with van der Waals surface area (Å²) in [4.78, 5) is 12.4. The van der Waals surface area contributed by atoms with Crippen molar-refractivity contribution in [1.29, 1.82) is 5.26 Å². The lowest BCUT2D eigenvalue weighted by molar-refractivity contribution is -0.129. The van der Waals surface area contributed by atoms with E-state index in [1.807, 2.05) is 20.8 Å². The molecule has 0 unspecified atom stereocenters. The first-order chi connectivity index (χ1) is 10.00. The number of rotatable bonds is 4. The van der Waals surface area contributed by atoms with Gasteiger partial charge in [-0.25, -0.2) is 0 Å². The van der Waals surface area contributed by atoms with Crippen LogP contribution in [0.2, 0.25) is 0 Å². The molecule has 1 aromatic rings. The topological polar surface area (TPSA) is 78.9 Å². The van der Waals surface area contributed by atoms with Crippen LogP contribution in [0, 0.1) is 30.6 Å². The van der Waals surface area contributed by atoms with E-state index >= 15 is 0 Å². The molecule has 21 heavy (non-hydrogen) atoms. The second-order valence-electron chi connectivity index (χ2n) is 6.10. The lowest BCUT2D eigenvalue weighted by atomic mass is 9.74. The Kier molecular flexibility index (Phi) is 4.66. The SMILES string of the molecule is Cc1noc(C)c1[C@H](C)CNC(=O)C1(C#N)CCCCC1. The maximum atomic E-state index is 12.4. The first-order valence-corrected chi connectivity index (χ1v) is 7.62. The van der Waals surface area contributed by atoms with Crippen molar-refractivity contribution in [2.45, 2.75) is 58.8 Å². The number of amides is 1. The average Bonchev–Trinajstić information content (AvgIpc) is 2.84. The van der Waals surface area contributed by atoms with Crippen molar-refractivity contribution in [3.05, 3.63) is 17.0 Å². The summed E-state index contributed by atoms with van der Waals surface area (Å²) in [6, 6.07) is 2.26. The van der Waals surface area contributed by atoms with Crippen molar-refractivity contribution >= 4 is 5.91 Å². The van der Waals surface area contributed by atoms with E-state index in [-0.39, 0.29) is 11.8 Å². The van der Waals surface area contributed by atoms with Crippen LogP contribution in [0.3, 0.4) is 0 Å². The Morgan fingerprint density at radius 1 is 1.43 bits per heavy atom. The molecule has 0 bridgehead atoms. The molecular formula is C16H23N3O2. The molecule has 1 aliphatic carbocycles. The van der Waals surface area contributed by atoms with E-state index in [4.69, 9.17) is 4.52 Å². The van der Waals surface area contributed by atoms with Crippen molar-refractivity contribution in [3.63, 3.8) is 0 Å². The quantitative estimate of drug-likeness (QED) is 0.924. The van der Waals surface area contributed by atoms with E-state index in [1.54, 1.807) is 0 Å². The molecular weight excluding hydrogens is 266 g/mol. The summed E-state index contributed by atoms with van der Waals surface area (Å²) in [7, 11) is 0. The van der Waals surface area contributed by atoms with Crippen LogP contribution in [0.5, 0.6) is 0 Å².